The highest BCUT2D eigenvalue weighted by Crippen LogP contribution is 2.23. The molecule has 0 radical (unpaired) electrons. The highest BCUT2D eigenvalue weighted by atomic mass is 16.3. The van der Waals surface area contributed by atoms with Crippen LogP contribution in [0.1, 0.15) is 23.1 Å². The van der Waals surface area contributed by atoms with Crippen LogP contribution in [0, 0.1) is 12.8 Å². The van der Waals surface area contributed by atoms with Crippen molar-refractivity contribution in [3.05, 3.63) is 65.2 Å². The fourth-order valence-electron chi connectivity index (χ4n) is 3.33. The molecule has 3 rings (SSSR count). The molecule has 1 fully saturated rings. The molecule has 2 aromatic rings. The van der Waals surface area contributed by atoms with Gasteiger partial charge in [-0.15, -0.1) is 0 Å². The van der Waals surface area contributed by atoms with Crippen LogP contribution in [0.15, 0.2) is 48.5 Å². The lowest BCUT2D eigenvalue weighted by Crippen LogP contribution is -2.30. The standard InChI is InChI=1S/C20H23NO2/c1-15-5-2-3-7-18(15)13-20(23)21-10-9-17(14-21)11-16-6-4-8-19(22)12-16/h2-8,12,17,22H,9-11,13-14H2,1H3. The zero-order chi connectivity index (χ0) is 16.2. The van der Waals surface area contributed by atoms with Crippen LogP contribution in [0.4, 0.5) is 0 Å². The van der Waals surface area contributed by atoms with E-state index in [1.165, 1.54) is 5.56 Å². The van der Waals surface area contributed by atoms with Gasteiger partial charge in [0.05, 0.1) is 6.42 Å². The molecule has 1 aliphatic heterocycles. The van der Waals surface area contributed by atoms with E-state index in [4.69, 9.17) is 0 Å². The predicted octanol–water partition coefficient (Wildman–Crippen LogP) is 3.33. The Hall–Kier alpha value is -2.29. The smallest absolute Gasteiger partial charge is 0.227 e. The highest BCUT2D eigenvalue weighted by molar-refractivity contribution is 5.79. The van der Waals surface area contributed by atoms with Crippen LogP contribution in [0.25, 0.3) is 0 Å². The first-order chi connectivity index (χ1) is 11.1. The number of aromatic hydroxyl groups is 1. The topological polar surface area (TPSA) is 40.5 Å². The molecule has 120 valence electrons. The van der Waals surface area contributed by atoms with Gasteiger partial charge in [-0.1, -0.05) is 36.4 Å². The van der Waals surface area contributed by atoms with E-state index in [1.54, 1.807) is 6.07 Å². The Morgan fingerprint density at radius 1 is 1.22 bits per heavy atom. The molecule has 3 heteroatoms. The Morgan fingerprint density at radius 3 is 2.83 bits per heavy atom. The van der Waals surface area contributed by atoms with E-state index in [-0.39, 0.29) is 5.91 Å². The summed E-state index contributed by atoms with van der Waals surface area (Å²) < 4.78 is 0. The van der Waals surface area contributed by atoms with Crippen molar-refractivity contribution in [3.8, 4) is 5.75 Å². The minimum Gasteiger partial charge on any atom is -0.508 e. The van der Waals surface area contributed by atoms with Crippen LogP contribution in [-0.4, -0.2) is 29.0 Å². The maximum atomic E-state index is 12.5. The lowest BCUT2D eigenvalue weighted by molar-refractivity contribution is -0.129. The molecule has 1 heterocycles. The van der Waals surface area contributed by atoms with E-state index in [0.717, 1.165) is 37.1 Å². The molecule has 1 aliphatic rings. The first kappa shape index (κ1) is 15.6. The Balaban J connectivity index is 1.57. The van der Waals surface area contributed by atoms with E-state index in [0.29, 0.717) is 18.1 Å². The molecule has 1 N–H and O–H groups in total. The number of benzene rings is 2. The summed E-state index contributed by atoms with van der Waals surface area (Å²) in [6.45, 7) is 3.71. The number of hydrogen-bond donors (Lipinski definition) is 1. The molecule has 3 nitrogen and oxygen atoms in total. The van der Waals surface area contributed by atoms with E-state index < -0.39 is 0 Å². The van der Waals surface area contributed by atoms with Crippen LogP contribution in [-0.2, 0) is 17.6 Å². The molecular formula is C20H23NO2. The summed E-state index contributed by atoms with van der Waals surface area (Å²) in [6, 6.07) is 15.5. The number of nitrogens with zero attached hydrogens (tertiary/aromatic N) is 1. The zero-order valence-electron chi connectivity index (χ0n) is 13.5. The molecule has 0 saturated carbocycles. The number of phenols is 1. The lowest BCUT2D eigenvalue weighted by atomic mass is 9.98. The van der Waals surface area contributed by atoms with Crippen molar-refractivity contribution in [1.82, 2.24) is 4.90 Å². The Kier molecular flexibility index (Phi) is 4.65. The van der Waals surface area contributed by atoms with Crippen LogP contribution >= 0.6 is 0 Å². The van der Waals surface area contributed by atoms with Gasteiger partial charge in [0.25, 0.3) is 0 Å². The second kappa shape index (κ2) is 6.86. The molecule has 1 atom stereocenters. The first-order valence-corrected chi connectivity index (χ1v) is 8.22. The average molecular weight is 309 g/mol. The second-order valence-corrected chi connectivity index (χ2v) is 6.47. The number of carbonyl (C=O) groups excluding carboxylic acids is 1. The summed E-state index contributed by atoms with van der Waals surface area (Å²) in [5.74, 6) is 1.02. The number of hydrogen-bond acceptors (Lipinski definition) is 2. The van der Waals surface area contributed by atoms with Gasteiger partial charge < -0.3 is 10.0 Å². The molecule has 0 bridgehead atoms. The fourth-order valence-corrected chi connectivity index (χ4v) is 3.33. The number of aryl methyl sites for hydroxylation is 1. The quantitative estimate of drug-likeness (QED) is 0.941. The number of phenolic OH excluding ortho intramolecular Hbond substituents is 1. The third-order valence-electron chi connectivity index (χ3n) is 4.68. The Bertz CT molecular complexity index is 696. The van der Waals surface area contributed by atoms with Gasteiger partial charge in [0.1, 0.15) is 5.75 Å². The second-order valence-electron chi connectivity index (χ2n) is 6.47. The van der Waals surface area contributed by atoms with Gasteiger partial charge in [-0.2, -0.15) is 0 Å². The summed E-state index contributed by atoms with van der Waals surface area (Å²) in [5, 5.41) is 9.55. The molecule has 1 unspecified atom stereocenters. The van der Waals surface area contributed by atoms with Gasteiger partial charge >= 0.3 is 0 Å². The SMILES string of the molecule is Cc1ccccc1CC(=O)N1CCC(Cc2cccc(O)c2)C1. The van der Waals surface area contributed by atoms with Crippen molar-refractivity contribution in [2.24, 2.45) is 5.92 Å². The van der Waals surface area contributed by atoms with E-state index in [1.807, 2.05) is 41.3 Å². The lowest BCUT2D eigenvalue weighted by Gasteiger charge is -2.17. The summed E-state index contributed by atoms with van der Waals surface area (Å²) >= 11 is 0. The maximum absolute atomic E-state index is 12.5. The van der Waals surface area contributed by atoms with Crippen molar-refractivity contribution in [1.29, 1.82) is 0 Å². The fraction of sp³-hybridized carbons (Fsp3) is 0.350. The first-order valence-electron chi connectivity index (χ1n) is 8.22. The molecule has 1 saturated heterocycles. The van der Waals surface area contributed by atoms with E-state index in [9.17, 15) is 9.90 Å². The summed E-state index contributed by atoms with van der Waals surface area (Å²) in [7, 11) is 0. The normalized spacial score (nSPS) is 17.4. The number of carbonyl (C=O) groups is 1. The number of likely N-dealkylation sites (tertiary alicyclic amines) is 1. The van der Waals surface area contributed by atoms with Gasteiger partial charge in [-0.25, -0.2) is 0 Å². The zero-order valence-corrected chi connectivity index (χ0v) is 13.5. The average Bonchev–Trinajstić information content (AvgIpc) is 2.98. The highest BCUT2D eigenvalue weighted by Gasteiger charge is 2.26. The van der Waals surface area contributed by atoms with Gasteiger partial charge in [0.2, 0.25) is 5.91 Å². The third-order valence-corrected chi connectivity index (χ3v) is 4.68. The van der Waals surface area contributed by atoms with Crippen LogP contribution in [0.3, 0.4) is 0 Å². The number of amides is 1. The largest absolute Gasteiger partial charge is 0.508 e. The third kappa shape index (κ3) is 3.92. The summed E-state index contributed by atoms with van der Waals surface area (Å²) in [6.07, 6.45) is 2.45. The molecule has 1 amide bonds. The Morgan fingerprint density at radius 2 is 2.04 bits per heavy atom. The molecule has 2 aromatic carbocycles. The number of rotatable bonds is 4. The minimum absolute atomic E-state index is 0.220. The van der Waals surface area contributed by atoms with Gasteiger partial charge in [-0.3, -0.25) is 4.79 Å². The molecular weight excluding hydrogens is 286 g/mol. The summed E-state index contributed by atoms with van der Waals surface area (Å²) in [4.78, 5) is 14.5. The predicted molar refractivity (Wildman–Crippen MR) is 91.4 cm³/mol. The van der Waals surface area contributed by atoms with E-state index >= 15 is 0 Å². The van der Waals surface area contributed by atoms with Crippen LogP contribution in [0.5, 0.6) is 5.75 Å². The van der Waals surface area contributed by atoms with Crippen molar-refractivity contribution < 1.29 is 9.90 Å². The van der Waals surface area contributed by atoms with Crippen LogP contribution in [0.2, 0.25) is 0 Å². The van der Waals surface area contributed by atoms with Gasteiger partial charge in [0.15, 0.2) is 0 Å². The van der Waals surface area contributed by atoms with Crippen LogP contribution < -0.4 is 0 Å². The monoisotopic (exact) mass is 309 g/mol. The van der Waals surface area contributed by atoms with Gasteiger partial charge in [0, 0.05) is 13.1 Å². The van der Waals surface area contributed by atoms with Crippen molar-refractivity contribution >= 4 is 5.91 Å². The van der Waals surface area contributed by atoms with Crippen molar-refractivity contribution in [2.75, 3.05) is 13.1 Å². The van der Waals surface area contributed by atoms with E-state index in [2.05, 4.69) is 13.0 Å². The maximum Gasteiger partial charge on any atom is 0.227 e. The Labute approximate surface area is 137 Å². The minimum atomic E-state index is 0.220. The van der Waals surface area contributed by atoms with Gasteiger partial charge in [-0.05, 0) is 54.5 Å². The van der Waals surface area contributed by atoms with Crippen molar-refractivity contribution in [3.63, 3.8) is 0 Å². The molecule has 0 spiro atoms. The molecule has 0 aliphatic carbocycles. The molecule has 23 heavy (non-hydrogen) atoms. The molecule has 0 aromatic heterocycles. The summed E-state index contributed by atoms with van der Waals surface area (Å²) in [5.41, 5.74) is 3.44. The van der Waals surface area contributed by atoms with Crippen molar-refractivity contribution in [2.45, 2.75) is 26.2 Å².